The third kappa shape index (κ3) is 5.21. The zero-order valence-electron chi connectivity index (χ0n) is 21.7. The van der Waals surface area contributed by atoms with Crippen molar-refractivity contribution in [2.75, 3.05) is 32.1 Å². The number of piperazine rings is 1. The fourth-order valence-electron chi connectivity index (χ4n) is 5.44. The molecule has 0 bridgehead atoms. The van der Waals surface area contributed by atoms with Crippen LogP contribution in [-0.2, 0) is 22.7 Å². The van der Waals surface area contributed by atoms with Gasteiger partial charge in [-0.1, -0.05) is 72.8 Å². The van der Waals surface area contributed by atoms with Gasteiger partial charge < -0.3 is 15.1 Å². The minimum absolute atomic E-state index is 0.0433. The lowest BCUT2D eigenvalue weighted by Gasteiger charge is -2.54. The number of fused-ring (bicyclic) bond motifs is 2. The van der Waals surface area contributed by atoms with Crippen LogP contribution >= 0.6 is 11.8 Å². The van der Waals surface area contributed by atoms with Crippen molar-refractivity contribution >= 4 is 40.4 Å². The predicted molar refractivity (Wildman–Crippen MR) is 150 cm³/mol. The number of hydrogen-bond acceptors (Lipinski definition) is 5. The normalized spacial score (nSPS) is 20.1. The van der Waals surface area contributed by atoms with Gasteiger partial charge in [-0.2, -0.15) is 11.8 Å². The molecule has 8 nitrogen and oxygen atoms in total. The minimum Gasteiger partial charge on any atom is -0.333 e. The van der Waals surface area contributed by atoms with E-state index in [2.05, 4.69) is 23.5 Å². The summed E-state index contributed by atoms with van der Waals surface area (Å²) in [5, 5.41) is 8.50. The fraction of sp³-hybridized carbons (Fsp3) is 0.345. The van der Waals surface area contributed by atoms with Crippen molar-refractivity contribution in [3.8, 4) is 0 Å². The van der Waals surface area contributed by atoms with Crippen LogP contribution in [0, 0.1) is 0 Å². The molecule has 198 valence electrons. The number of thioether (sulfide) groups is 1. The number of carbonyl (C=O) groups is 3. The Kier molecular flexibility index (Phi) is 7.85. The molecule has 0 saturated carbocycles. The van der Waals surface area contributed by atoms with Crippen molar-refractivity contribution in [2.24, 2.45) is 0 Å². The second-order valence-corrected chi connectivity index (χ2v) is 10.7. The molecule has 2 aliphatic heterocycles. The van der Waals surface area contributed by atoms with Gasteiger partial charge in [-0.3, -0.25) is 9.59 Å². The molecule has 2 heterocycles. The number of amides is 4. The Labute approximate surface area is 227 Å². The highest BCUT2D eigenvalue weighted by atomic mass is 32.2. The van der Waals surface area contributed by atoms with Gasteiger partial charge in [0, 0.05) is 20.1 Å². The number of urea groups is 1. The lowest BCUT2D eigenvalue weighted by molar-refractivity contribution is -0.187. The molecule has 1 N–H and O–H groups in total. The van der Waals surface area contributed by atoms with Crippen LogP contribution in [0.25, 0.3) is 10.8 Å². The zero-order chi connectivity index (χ0) is 26.6. The number of hydrogen-bond donors (Lipinski definition) is 1. The number of hydrazine groups is 1. The van der Waals surface area contributed by atoms with Crippen LogP contribution in [0.4, 0.5) is 4.79 Å². The number of rotatable bonds is 7. The summed E-state index contributed by atoms with van der Waals surface area (Å²) in [5.74, 6) is 0.546. The molecule has 3 aromatic carbocycles. The van der Waals surface area contributed by atoms with Crippen LogP contribution in [0.15, 0.2) is 72.8 Å². The van der Waals surface area contributed by atoms with E-state index < -0.39 is 12.2 Å². The summed E-state index contributed by atoms with van der Waals surface area (Å²) < 4.78 is 0. The van der Waals surface area contributed by atoms with E-state index in [-0.39, 0.29) is 30.9 Å². The molecule has 2 saturated heterocycles. The van der Waals surface area contributed by atoms with Gasteiger partial charge in [0.25, 0.3) is 0 Å². The lowest BCUT2D eigenvalue weighted by Crippen LogP contribution is -2.75. The summed E-state index contributed by atoms with van der Waals surface area (Å²) in [6.45, 7) is 1.07. The number of carbonyl (C=O) groups excluding carboxylic acids is 3. The van der Waals surface area contributed by atoms with Crippen LogP contribution < -0.4 is 5.32 Å². The summed E-state index contributed by atoms with van der Waals surface area (Å²) in [7, 11) is 1.75. The topological polar surface area (TPSA) is 76.2 Å². The van der Waals surface area contributed by atoms with E-state index in [1.165, 1.54) is 0 Å². The average Bonchev–Trinajstić information content (AvgIpc) is 2.93. The Balaban J connectivity index is 1.44. The van der Waals surface area contributed by atoms with Crippen LogP contribution in [0.3, 0.4) is 0 Å². The Morgan fingerprint density at radius 1 is 1.00 bits per heavy atom. The summed E-state index contributed by atoms with van der Waals surface area (Å²) in [4.78, 5) is 44.1. The second kappa shape index (κ2) is 11.4. The lowest BCUT2D eigenvalue weighted by atomic mass is 10.0. The summed E-state index contributed by atoms with van der Waals surface area (Å²) in [6.07, 6.45) is 1.95. The molecule has 9 heteroatoms. The van der Waals surface area contributed by atoms with Gasteiger partial charge >= 0.3 is 6.03 Å². The summed E-state index contributed by atoms with van der Waals surface area (Å²) in [6, 6.07) is 23.1. The number of nitrogens with one attached hydrogen (secondary N) is 1. The molecular weight excluding hydrogens is 498 g/mol. The first-order valence-corrected chi connectivity index (χ1v) is 14.2. The number of nitrogens with zero attached hydrogens (tertiary/aromatic N) is 4. The Hall–Kier alpha value is -3.56. The molecule has 2 fully saturated rings. The van der Waals surface area contributed by atoms with Gasteiger partial charge in [-0.15, -0.1) is 0 Å². The SMILES string of the molecule is CSCC[C@H]1C(=O)N(Cc2cccc3ccccc23)C[C@H]2N1C(=O)CN(C)N2C(=O)NCc1ccccc1. The predicted octanol–water partition coefficient (Wildman–Crippen LogP) is 3.53. The summed E-state index contributed by atoms with van der Waals surface area (Å²) >= 11 is 1.65. The van der Waals surface area contributed by atoms with Crippen LogP contribution in [0.1, 0.15) is 17.5 Å². The molecule has 3 aromatic rings. The van der Waals surface area contributed by atoms with E-state index in [1.54, 1.807) is 33.7 Å². The van der Waals surface area contributed by atoms with Crippen molar-refractivity contribution in [1.82, 2.24) is 25.1 Å². The van der Waals surface area contributed by atoms with Gasteiger partial charge in [0.05, 0.1) is 13.1 Å². The molecule has 0 aliphatic carbocycles. The Bertz CT molecular complexity index is 1310. The molecule has 0 radical (unpaired) electrons. The largest absolute Gasteiger partial charge is 0.334 e. The molecule has 0 spiro atoms. The fourth-order valence-corrected chi connectivity index (χ4v) is 5.90. The molecule has 2 atom stereocenters. The number of likely N-dealkylation sites (N-methyl/N-ethyl adjacent to an activating group) is 1. The second-order valence-electron chi connectivity index (χ2n) is 9.74. The van der Waals surface area contributed by atoms with E-state index in [4.69, 9.17) is 0 Å². The molecule has 38 heavy (non-hydrogen) atoms. The van der Waals surface area contributed by atoms with Gasteiger partial charge in [-0.05, 0) is 40.3 Å². The van der Waals surface area contributed by atoms with E-state index >= 15 is 0 Å². The van der Waals surface area contributed by atoms with E-state index in [0.717, 1.165) is 27.7 Å². The van der Waals surface area contributed by atoms with Crippen LogP contribution in [0.2, 0.25) is 0 Å². The van der Waals surface area contributed by atoms with Crippen LogP contribution in [0.5, 0.6) is 0 Å². The minimum atomic E-state index is -0.609. The van der Waals surface area contributed by atoms with Crippen molar-refractivity contribution in [1.29, 1.82) is 0 Å². The number of benzene rings is 3. The summed E-state index contributed by atoms with van der Waals surface area (Å²) in [5.41, 5.74) is 2.03. The molecule has 0 aromatic heterocycles. The molecule has 5 rings (SSSR count). The van der Waals surface area contributed by atoms with E-state index in [9.17, 15) is 14.4 Å². The smallest absolute Gasteiger partial charge is 0.333 e. The first kappa shape index (κ1) is 26.1. The van der Waals surface area contributed by atoms with E-state index in [1.807, 2.05) is 65.8 Å². The highest BCUT2D eigenvalue weighted by molar-refractivity contribution is 7.98. The standard InChI is InChI=1S/C29H33N5O3S/c1-31-20-27(35)33-25(15-16-38-2)28(36)32(18-23-13-8-12-22-11-6-7-14-24(22)23)19-26(33)34(31)29(37)30-17-21-9-4-3-5-10-21/h3-14,25-26H,15-20H2,1-2H3,(H,30,37)/t25-,26-/m0/s1. The highest BCUT2D eigenvalue weighted by Gasteiger charge is 2.50. The van der Waals surface area contributed by atoms with E-state index in [0.29, 0.717) is 19.5 Å². The third-order valence-corrected chi connectivity index (χ3v) is 7.91. The third-order valence-electron chi connectivity index (χ3n) is 7.27. The van der Waals surface area contributed by atoms with Gasteiger partial charge in [0.1, 0.15) is 12.2 Å². The maximum Gasteiger partial charge on any atom is 0.334 e. The Morgan fingerprint density at radius 2 is 1.74 bits per heavy atom. The molecule has 2 aliphatic rings. The maximum atomic E-state index is 13.8. The average molecular weight is 532 g/mol. The zero-order valence-corrected chi connectivity index (χ0v) is 22.6. The van der Waals surface area contributed by atoms with Crippen molar-refractivity contribution in [2.45, 2.75) is 31.7 Å². The van der Waals surface area contributed by atoms with Gasteiger partial charge in [0.2, 0.25) is 11.8 Å². The first-order valence-electron chi connectivity index (χ1n) is 12.9. The van der Waals surface area contributed by atoms with Crippen molar-refractivity contribution in [3.63, 3.8) is 0 Å². The Morgan fingerprint density at radius 3 is 2.53 bits per heavy atom. The van der Waals surface area contributed by atoms with Gasteiger partial charge in [-0.25, -0.2) is 14.8 Å². The quantitative estimate of drug-likeness (QED) is 0.505. The monoisotopic (exact) mass is 531 g/mol. The first-order chi connectivity index (χ1) is 18.5. The highest BCUT2D eigenvalue weighted by Crippen LogP contribution is 2.30. The van der Waals surface area contributed by atoms with Gasteiger partial charge in [0.15, 0.2) is 0 Å². The van der Waals surface area contributed by atoms with Crippen molar-refractivity contribution in [3.05, 3.63) is 83.9 Å². The molecule has 4 amide bonds. The molecule has 0 unspecified atom stereocenters. The molecular formula is C29H33N5O3S. The maximum absolute atomic E-state index is 13.8. The van der Waals surface area contributed by atoms with Crippen molar-refractivity contribution < 1.29 is 14.4 Å². The van der Waals surface area contributed by atoms with Crippen LogP contribution in [-0.4, -0.2) is 82.0 Å².